The molecule has 4 rings (SSSR count). The van der Waals surface area contributed by atoms with Gasteiger partial charge in [0.1, 0.15) is 11.7 Å². The molecule has 4 amide bonds. The minimum Gasteiger partial charge on any atom is -0.321 e. The number of aromatic nitrogens is 1. The molecule has 3 aromatic rings. The van der Waals surface area contributed by atoms with Crippen molar-refractivity contribution in [2.45, 2.75) is 29.9 Å². The van der Waals surface area contributed by atoms with E-state index in [1.165, 1.54) is 24.1 Å². The molecule has 1 aliphatic heterocycles. The standard InChI is InChI=1S/C24H19F3N4O5S/c1-15-22(33)31(18-7-9-19(10-8-18)37(35,36)24(25,26)27)23(34)30(15)14-16-11-12-28-20(13-16)21(32)29-17-5-3-2-4-6-17/h2-13,15H,14H2,1H3,(H,29,32). The van der Waals surface area contributed by atoms with Gasteiger partial charge in [-0.3, -0.25) is 14.6 Å². The van der Waals surface area contributed by atoms with Crippen molar-refractivity contribution >= 4 is 39.1 Å². The average Bonchev–Trinajstić information content (AvgIpc) is 3.07. The predicted octanol–water partition coefficient (Wildman–Crippen LogP) is 3.98. The van der Waals surface area contributed by atoms with Crippen LogP contribution < -0.4 is 10.2 Å². The average molecular weight is 533 g/mol. The minimum absolute atomic E-state index is 0.0586. The summed E-state index contributed by atoms with van der Waals surface area (Å²) in [6.07, 6.45) is 1.39. The maximum absolute atomic E-state index is 13.1. The third-order valence-electron chi connectivity index (χ3n) is 5.63. The van der Waals surface area contributed by atoms with Crippen LogP contribution in [0.15, 0.2) is 77.8 Å². The van der Waals surface area contributed by atoms with Crippen LogP contribution in [0.5, 0.6) is 0 Å². The lowest BCUT2D eigenvalue weighted by Crippen LogP contribution is -2.33. The van der Waals surface area contributed by atoms with Gasteiger partial charge in [0.25, 0.3) is 21.7 Å². The minimum atomic E-state index is -5.57. The fourth-order valence-corrected chi connectivity index (χ4v) is 4.43. The summed E-state index contributed by atoms with van der Waals surface area (Å²) < 4.78 is 61.6. The number of imide groups is 1. The number of hydrogen-bond acceptors (Lipinski definition) is 6. The first-order valence-electron chi connectivity index (χ1n) is 10.8. The van der Waals surface area contributed by atoms with E-state index >= 15 is 0 Å². The van der Waals surface area contributed by atoms with Crippen molar-refractivity contribution < 1.29 is 36.0 Å². The topological polar surface area (TPSA) is 117 Å². The van der Waals surface area contributed by atoms with E-state index < -0.39 is 44.1 Å². The summed E-state index contributed by atoms with van der Waals surface area (Å²) in [4.78, 5) is 43.5. The molecule has 0 bridgehead atoms. The number of carbonyl (C=O) groups excluding carboxylic acids is 3. The van der Waals surface area contributed by atoms with Gasteiger partial charge in [0.15, 0.2) is 0 Å². The maximum atomic E-state index is 13.1. The number of rotatable bonds is 6. The quantitative estimate of drug-likeness (QED) is 0.480. The third kappa shape index (κ3) is 5.03. The van der Waals surface area contributed by atoms with Crippen LogP contribution in [-0.4, -0.2) is 47.7 Å². The number of nitrogens with one attached hydrogen (secondary N) is 1. The van der Waals surface area contributed by atoms with Crippen molar-refractivity contribution in [2.24, 2.45) is 0 Å². The number of hydrogen-bond donors (Lipinski definition) is 1. The Kier molecular flexibility index (Phi) is 6.74. The zero-order valence-electron chi connectivity index (χ0n) is 19.1. The largest absolute Gasteiger partial charge is 0.501 e. The van der Waals surface area contributed by atoms with E-state index in [0.717, 1.165) is 17.0 Å². The van der Waals surface area contributed by atoms with Crippen LogP contribution in [0.4, 0.5) is 29.3 Å². The van der Waals surface area contributed by atoms with E-state index in [9.17, 15) is 36.0 Å². The molecular formula is C24H19F3N4O5S. The molecule has 1 aromatic heterocycles. The van der Waals surface area contributed by atoms with Crippen molar-refractivity contribution in [3.05, 3.63) is 84.2 Å². The first-order valence-corrected chi connectivity index (χ1v) is 12.3. The first-order chi connectivity index (χ1) is 17.4. The van der Waals surface area contributed by atoms with Gasteiger partial charge in [-0.2, -0.15) is 13.2 Å². The van der Waals surface area contributed by atoms with E-state index in [4.69, 9.17) is 0 Å². The van der Waals surface area contributed by atoms with Gasteiger partial charge in [-0.1, -0.05) is 18.2 Å². The molecular weight excluding hydrogens is 513 g/mol. The highest BCUT2D eigenvalue weighted by Crippen LogP contribution is 2.32. The Morgan fingerprint density at radius 2 is 1.68 bits per heavy atom. The molecule has 13 heteroatoms. The van der Waals surface area contributed by atoms with Crippen LogP contribution in [-0.2, 0) is 21.2 Å². The molecule has 1 atom stereocenters. The maximum Gasteiger partial charge on any atom is 0.501 e. The molecule has 2 heterocycles. The van der Waals surface area contributed by atoms with Crippen molar-refractivity contribution in [3.8, 4) is 0 Å². The van der Waals surface area contributed by atoms with Crippen LogP contribution in [0.2, 0.25) is 0 Å². The fourth-order valence-electron chi connectivity index (χ4n) is 3.67. The highest BCUT2D eigenvalue weighted by molar-refractivity contribution is 7.92. The third-order valence-corrected chi connectivity index (χ3v) is 7.14. The van der Waals surface area contributed by atoms with E-state index in [1.54, 1.807) is 36.4 Å². The fraction of sp³-hybridized carbons (Fsp3) is 0.167. The number of benzene rings is 2. The van der Waals surface area contributed by atoms with Gasteiger partial charge >= 0.3 is 11.5 Å². The molecule has 1 unspecified atom stereocenters. The predicted molar refractivity (Wildman–Crippen MR) is 126 cm³/mol. The lowest BCUT2D eigenvalue weighted by atomic mass is 10.2. The molecule has 0 saturated carbocycles. The van der Waals surface area contributed by atoms with Crippen molar-refractivity contribution in [2.75, 3.05) is 10.2 Å². The summed E-state index contributed by atoms with van der Waals surface area (Å²) >= 11 is 0. The summed E-state index contributed by atoms with van der Waals surface area (Å²) in [6.45, 7) is 1.42. The second-order valence-electron chi connectivity index (χ2n) is 8.07. The van der Waals surface area contributed by atoms with Gasteiger partial charge in [-0.05, 0) is 61.0 Å². The van der Waals surface area contributed by atoms with E-state index in [1.807, 2.05) is 0 Å². The Labute approximate surface area is 209 Å². The van der Waals surface area contributed by atoms with Crippen molar-refractivity contribution in [3.63, 3.8) is 0 Å². The SMILES string of the molecule is CC1C(=O)N(c2ccc(S(=O)(=O)C(F)(F)F)cc2)C(=O)N1Cc1ccnc(C(=O)Nc2ccccc2)c1. The molecule has 0 spiro atoms. The Hall–Kier alpha value is -4.26. The van der Waals surface area contributed by atoms with Crippen LogP contribution >= 0.6 is 0 Å². The van der Waals surface area contributed by atoms with Gasteiger partial charge < -0.3 is 10.2 Å². The normalized spacial score (nSPS) is 16.3. The van der Waals surface area contributed by atoms with Crippen LogP contribution in [0, 0.1) is 0 Å². The van der Waals surface area contributed by atoms with Gasteiger partial charge in [-0.25, -0.2) is 18.1 Å². The number of amides is 4. The monoisotopic (exact) mass is 532 g/mol. The number of urea groups is 1. The van der Waals surface area contributed by atoms with Crippen LogP contribution in [0.25, 0.3) is 0 Å². The number of alkyl halides is 3. The molecule has 192 valence electrons. The summed E-state index contributed by atoms with van der Waals surface area (Å²) in [7, 11) is -5.57. The van der Waals surface area contributed by atoms with Crippen LogP contribution in [0.3, 0.4) is 0 Å². The van der Waals surface area contributed by atoms with Gasteiger partial charge in [0.05, 0.1) is 10.6 Å². The van der Waals surface area contributed by atoms with Gasteiger partial charge in [0.2, 0.25) is 0 Å². The smallest absolute Gasteiger partial charge is 0.321 e. The Balaban J connectivity index is 1.52. The zero-order valence-corrected chi connectivity index (χ0v) is 20.0. The number of halogens is 3. The molecule has 2 aromatic carbocycles. The van der Waals surface area contributed by atoms with Crippen molar-refractivity contribution in [1.29, 1.82) is 0 Å². The highest BCUT2D eigenvalue weighted by atomic mass is 32.2. The van der Waals surface area contributed by atoms with E-state index in [-0.39, 0.29) is 17.9 Å². The number of sulfone groups is 1. The molecule has 1 fully saturated rings. The lowest BCUT2D eigenvalue weighted by molar-refractivity contribution is -0.119. The van der Waals surface area contributed by atoms with Crippen molar-refractivity contribution in [1.82, 2.24) is 9.88 Å². The summed E-state index contributed by atoms with van der Waals surface area (Å²) in [5.41, 5.74) is -4.40. The molecule has 1 saturated heterocycles. The molecule has 37 heavy (non-hydrogen) atoms. The molecule has 1 N–H and O–H groups in total. The number of pyridine rings is 1. The summed E-state index contributed by atoms with van der Waals surface area (Å²) in [5, 5.41) is 2.70. The zero-order chi connectivity index (χ0) is 27.0. The number of anilines is 2. The lowest BCUT2D eigenvalue weighted by Gasteiger charge is -2.19. The molecule has 0 aliphatic carbocycles. The highest BCUT2D eigenvalue weighted by Gasteiger charge is 2.47. The Morgan fingerprint density at radius 3 is 2.30 bits per heavy atom. The molecule has 0 radical (unpaired) electrons. The van der Waals surface area contributed by atoms with E-state index in [2.05, 4.69) is 10.3 Å². The Morgan fingerprint density at radius 1 is 1.03 bits per heavy atom. The molecule has 1 aliphatic rings. The van der Waals surface area contributed by atoms with Gasteiger partial charge in [0, 0.05) is 18.4 Å². The number of nitrogens with zero attached hydrogens (tertiary/aromatic N) is 3. The van der Waals surface area contributed by atoms with Gasteiger partial charge in [-0.15, -0.1) is 0 Å². The molecule has 9 nitrogen and oxygen atoms in total. The van der Waals surface area contributed by atoms with E-state index in [0.29, 0.717) is 23.4 Å². The first kappa shape index (κ1) is 25.8. The second-order valence-corrected chi connectivity index (χ2v) is 10.0. The summed E-state index contributed by atoms with van der Waals surface area (Å²) in [6, 6.07) is 13.4. The second kappa shape index (κ2) is 9.65. The Bertz CT molecular complexity index is 1460. The summed E-state index contributed by atoms with van der Waals surface area (Å²) in [5.74, 6) is -1.12. The number of para-hydroxylation sites is 1. The number of carbonyl (C=O) groups is 3. The van der Waals surface area contributed by atoms with Crippen LogP contribution in [0.1, 0.15) is 23.0 Å².